The van der Waals surface area contributed by atoms with Gasteiger partial charge < -0.3 is 14.6 Å². The van der Waals surface area contributed by atoms with Crippen LogP contribution in [-0.2, 0) is 4.79 Å². The molecule has 2 heterocycles. The first kappa shape index (κ1) is 12.7. The van der Waals surface area contributed by atoms with E-state index in [-0.39, 0.29) is 11.8 Å². The van der Waals surface area contributed by atoms with Gasteiger partial charge in [-0.2, -0.15) is 0 Å². The molecule has 1 aliphatic rings. The van der Waals surface area contributed by atoms with E-state index >= 15 is 0 Å². The predicted octanol–water partition coefficient (Wildman–Crippen LogP) is 1.33. The number of amides is 2. The summed E-state index contributed by atoms with van der Waals surface area (Å²) in [6.07, 6.45) is 4.03. The fourth-order valence-corrected chi connectivity index (χ4v) is 2.12. The summed E-state index contributed by atoms with van der Waals surface area (Å²) in [5.74, 6) is 0.533. The summed E-state index contributed by atoms with van der Waals surface area (Å²) in [4.78, 5) is 25.3. The van der Waals surface area contributed by atoms with Crippen LogP contribution in [0.15, 0.2) is 16.7 Å². The molecule has 98 valence electrons. The quantitative estimate of drug-likeness (QED) is 0.877. The molecule has 1 aliphatic heterocycles. The standard InChI is InChI=1S/C13H18N2O3/c1-10-11(5-9-18-10)13(17)14-6-4-12(16)15-7-2-3-8-15/h5,9H,2-4,6-8H2,1H3,(H,14,17). The number of rotatable bonds is 4. The van der Waals surface area contributed by atoms with Crippen molar-refractivity contribution in [2.24, 2.45) is 0 Å². The first-order chi connectivity index (χ1) is 8.68. The Morgan fingerprint density at radius 3 is 2.72 bits per heavy atom. The van der Waals surface area contributed by atoms with E-state index in [1.807, 2.05) is 4.90 Å². The van der Waals surface area contributed by atoms with E-state index in [4.69, 9.17) is 4.42 Å². The summed E-state index contributed by atoms with van der Waals surface area (Å²) in [6.45, 7) is 3.82. The van der Waals surface area contributed by atoms with Crippen LogP contribution < -0.4 is 5.32 Å². The van der Waals surface area contributed by atoms with Crippen molar-refractivity contribution in [3.05, 3.63) is 23.7 Å². The molecule has 0 aliphatic carbocycles. The molecule has 5 nitrogen and oxygen atoms in total. The summed E-state index contributed by atoms with van der Waals surface area (Å²) in [5.41, 5.74) is 0.531. The minimum absolute atomic E-state index is 0.122. The van der Waals surface area contributed by atoms with E-state index in [9.17, 15) is 9.59 Å². The Bertz CT molecular complexity index is 433. The molecule has 0 aromatic carbocycles. The Morgan fingerprint density at radius 1 is 1.39 bits per heavy atom. The Balaban J connectivity index is 1.73. The Kier molecular flexibility index (Phi) is 4.02. The molecule has 0 spiro atoms. The van der Waals surface area contributed by atoms with Gasteiger partial charge in [0.05, 0.1) is 11.8 Å². The number of nitrogens with zero attached hydrogens (tertiary/aromatic N) is 1. The zero-order chi connectivity index (χ0) is 13.0. The van der Waals surface area contributed by atoms with Crippen LogP contribution in [-0.4, -0.2) is 36.3 Å². The summed E-state index contributed by atoms with van der Waals surface area (Å²) >= 11 is 0. The van der Waals surface area contributed by atoms with Crippen molar-refractivity contribution in [2.45, 2.75) is 26.2 Å². The van der Waals surface area contributed by atoms with Crippen molar-refractivity contribution >= 4 is 11.8 Å². The van der Waals surface area contributed by atoms with E-state index in [1.54, 1.807) is 13.0 Å². The number of nitrogens with one attached hydrogen (secondary N) is 1. The van der Waals surface area contributed by atoms with Crippen LogP contribution in [0.3, 0.4) is 0 Å². The van der Waals surface area contributed by atoms with E-state index in [0.29, 0.717) is 24.3 Å². The molecule has 18 heavy (non-hydrogen) atoms. The molecule has 0 unspecified atom stereocenters. The highest BCUT2D eigenvalue weighted by molar-refractivity contribution is 5.95. The number of furan rings is 1. The van der Waals surface area contributed by atoms with Crippen molar-refractivity contribution < 1.29 is 14.0 Å². The third-order valence-corrected chi connectivity index (χ3v) is 3.19. The smallest absolute Gasteiger partial charge is 0.254 e. The molecule has 0 saturated carbocycles. The van der Waals surface area contributed by atoms with Crippen molar-refractivity contribution in [3.63, 3.8) is 0 Å². The second-order valence-electron chi connectivity index (χ2n) is 4.48. The Hall–Kier alpha value is -1.78. The number of hydrogen-bond acceptors (Lipinski definition) is 3. The van der Waals surface area contributed by atoms with Crippen molar-refractivity contribution in [1.82, 2.24) is 10.2 Å². The maximum Gasteiger partial charge on any atom is 0.254 e. The molecule has 0 bridgehead atoms. The average molecular weight is 250 g/mol. The van der Waals surface area contributed by atoms with Gasteiger partial charge in [0.15, 0.2) is 0 Å². The lowest BCUT2D eigenvalue weighted by molar-refractivity contribution is -0.129. The number of likely N-dealkylation sites (tertiary alicyclic amines) is 1. The first-order valence-corrected chi connectivity index (χ1v) is 6.28. The normalized spacial score (nSPS) is 14.8. The van der Waals surface area contributed by atoms with E-state index in [2.05, 4.69) is 5.32 Å². The lowest BCUT2D eigenvalue weighted by Gasteiger charge is -2.15. The van der Waals surface area contributed by atoms with Gasteiger partial charge in [-0.15, -0.1) is 0 Å². The number of hydrogen-bond donors (Lipinski definition) is 1. The summed E-state index contributed by atoms with van der Waals surface area (Å²) in [6, 6.07) is 1.63. The summed E-state index contributed by atoms with van der Waals surface area (Å²) < 4.78 is 5.06. The molecule has 2 amide bonds. The van der Waals surface area contributed by atoms with Crippen LogP contribution >= 0.6 is 0 Å². The van der Waals surface area contributed by atoms with E-state index < -0.39 is 0 Å². The van der Waals surface area contributed by atoms with Gasteiger partial charge in [0.2, 0.25) is 5.91 Å². The molecular weight excluding hydrogens is 232 g/mol. The van der Waals surface area contributed by atoms with Gasteiger partial charge in [0.1, 0.15) is 5.76 Å². The van der Waals surface area contributed by atoms with Crippen molar-refractivity contribution in [2.75, 3.05) is 19.6 Å². The summed E-state index contributed by atoms with van der Waals surface area (Å²) in [5, 5.41) is 2.73. The third-order valence-electron chi connectivity index (χ3n) is 3.19. The van der Waals surface area contributed by atoms with Gasteiger partial charge in [-0.3, -0.25) is 9.59 Å². The molecule has 1 aromatic rings. The van der Waals surface area contributed by atoms with Crippen LogP contribution in [0.4, 0.5) is 0 Å². The van der Waals surface area contributed by atoms with Crippen LogP contribution in [0.25, 0.3) is 0 Å². The molecule has 0 radical (unpaired) electrons. The molecule has 1 aromatic heterocycles. The van der Waals surface area contributed by atoms with Gasteiger partial charge in [-0.1, -0.05) is 0 Å². The SMILES string of the molecule is Cc1occc1C(=O)NCCC(=O)N1CCCC1. The highest BCUT2D eigenvalue weighted by Gasteiger charge is 2.18. The molecule has 1 saturated heterocycles. The van der Waals surface area contributed by atoms with Crippen LogP contribution in [0.2, 0.25) is 0 Å². The highest BCUT2D eigenvalue weighted by Crippen LogP contribution is 2.09. The molecule has 5 heteroatoms. The number of carbonyl (C=O) groups is 2. The van der Waals surface area contributed by atoms with Gasteiger partial charge in [-0.05, 0) is 25.8 Å². The molecule has 1 N–H and O–H groups in total. The number of aryl methyl sites for hydroxylation is 1. The predicted molar refractivity (Wildman–Crippen MR) is 66.2 cm³/mol. The van der Waals surface area contributed by atoms with Gasteiger partial charge in [0.25, 0.3) is 5.91 Å². The van der Waals surface area contributed by atoms with Crippen LogP contribution in [0, 0.1) is 6.92 Å². The van der Waals surface area contributed by atoms with Crippen LogP contribution in [0.1, 0.15) is 35.4 Å². The van der Waals surface area contributed by atoms with Crippen molar-refractivity contribution in [1.29, 1.82) is 0 Å². The average Bonchev–Trinajstić information content (AvgIpc) is 2.99. The molecule has 1 fully saturated rings. The minimum Gasteiger partial charge on any atom is -0.469 e. The molecule has 0 atom stereocenters. The third kappa shape index (κ3) is 2.91. The topological polar surface area (TPSA) is 62.6 Å². The zero-order valence-electron chi connectivity index (χ0n) is 10.6. The monoisotopic (exact) mass is 250 g/mol. The number of carbonyl (C=O) groups excluding carboxylic acids is 2. The fraction of sp³-hybridized carbons (Fsp3) is 0.538. The lowest BCUT2D eigenvalue weighted by atomic mass is 10.2. The van der Waals surface area contributed by atoms with Gasteiger partial charge in [0, 0.05) is 26.1 Å². The Morgan fingerprint density at radius 2 is 2.11 bits per heavy atom. The molecular formula is C13H18N2O3. The lowest BCUT2D eigenvalue weighted by Crippen LogP contribution is -2.32. The Labute approximate surface area is 106 Å². The molecule has 2 rings (SSSR count). The van der Waals surface area contributed by atoms with Crippen LogP contribution in [0.5, 0.6) is 0 Å². The largest absolute Gasteiger partial charge is 0.469 e. The maximum atomic E-state index is 11.7. The second-order valence-corrected chi connectivity index (χ2v) is 4.48. The van der Waals surface area contributed by atoms with Gasteiger partial charge >= 0.3 is 0 Å². The second kappa shape index (κ2) is 5.71. The highest BCUT2D eigenvalue weighted by atomic mass is 16.3. The minimum atomic E-state index is -0.185. The first-order valence-electron chi connectivity index (χ1n) is 6.28. The zero-order valence-corrected chi connectivity index (χ0v) is 10.6. The van der Waals surface area contributed by atoms with E-state index in [1.165, 1.54) is 6.26 Å². The maximum absolute atomic E-state index is 11.7. The van der Waals surface area contributed by atoms with Crippen molar-refractivity contribution in [3.8, 4) is 0 Å². The van der Waals surface area contributed by atoms with E-state index in [0.717, 1.165) is 25.9 Å². The summed E-state index contributed by atoms with van der Waals surface area (Å²) in [7, 11) is 0. The fourth-order valence-electron chi connectivity index (χ4n) is 2.12. The van der Waals surface area contributed by atoms with Gasteiger partial charge in [-0.25, -0.2) is 0 Å².